The summed E-state index contributed by atoms with van der Waals surface area (Å²) in [6.07, 6.45) is 1.12. The number of hydrogen-bond acceptors (Lipinski definition) is 6. The Hall–Kier alpha value is -2.05. The molecule has 0 rings (SSSR count). The van der Waals surface area contributed by atoms with Gasteiger partial charge in [-0.25, -0.2) is 9.59 Å². The number of carbonyl (C=O) groups excluding carboxylic acids is 3. The first-order chi connectivity index (χ1) is 12.4. The summed E-state index contributed by atoms with van der Waals surface area (Å²) in [5, 5.41) is 2.52. The lowest BCUT2D eigenvalue weighted by molar-refractivity contribution is -0.162. The lowest BCUT2D eigenvalue weighted by Crippen LogP contribution is -2.47. The summed E-state index contributed by atoms with van der Waals surface area (Å²) in [4.78, 5) is 37.4. The topological polar surface area (TPSA) is 90.9 Å². The molecule has 0 saturated heterocycles. The van der Waals surface area contributed by atoms with Crippen molar-refractivity contribution in [2.45, 2.75) is 98.0 Å². The third-order valence-electron chi connectivity index (χ3n) is 3.09. The van der Waals surface area contributed by atoms with Crippen LogP contribution < -0.4 is 5.32 Å². The van der Waals surface area contributed by atoms with E-state index in [1.165, 1.54) is 0 Å². The van der Waals surface area contributed by atoms with Crippen LogP contribution >= 0.6 is 0 Å². The normalized spacial score (nSPS) is 14.5. The minimum absolute atomic E-state index is 0.00902. The van der Waals surface area contributed by atoms with Gasteiger partial charge in [0.2, 0.25) is 0 Å². The molecule has 2 atom stereocenters. The van der Waals surface area contributed by atoms with Gasteiger partial charge in [-0.2, -0.15) is 0 Å². The zero-order chi connectivity index (χ0) is 22.3. The molecular weight excluding hydrogens is 362 g/mol. The van der Waals surface area contributed by atoms with Gasteiger partial charge in [0.25, 0.3) is 0 Å². The summed E-state index contributed by atoms with van der Waals surface area (Å²) in [5.41, 5.74) is -2.14. The van der Waals surface area contributed by atoms with E-state index < -0.39 is 46.8 Å². The number of allylic oxidation sites excluding steroid dienone is 1. The third kappa shape index (κ3) is 12.4. The average molecular weight is 400 g/mol. The zero-order valence-corrected chi connectivity index (χ0v) is 18.8. The Morgan fingerprint density at radius 1 is 0.821 bits per heavy atom. The molecule has 0 spiro atoms. The van der Waals surface area contributed by atoms with Crippen molar-refractivity contribution in [3.8, 4) is 0 Å². The summed E-state index contributed by atoms with van der Waals surface area (Å²) < 4.78 is 16.1. The van der Waals surface area contributed by atoms with Crippen molar-refractivity contribution < 1.29 is 28.6 Å². The van der Waals surface area contributed by atoms with Crippen LogP contribution in [0.3, 0.4) is 0 Å². The van der Waals surface area contributed by atoms with Crippen LogP contribution in [0, 0.1) is 5.92 Å². The Labute approximate surface area is 169 Å². The molecule has 0 saturated carbocycles. The number of esters is 2. The van der Waals surface area contributed by atoms with Gasteiger partial charge in [0.15, 0.2) is 0 Å². The van der Waals surface area contributed by atoms with Crippen LogP contribution in [0.25, 0.3) is 0 Å². The van der Waals surface area contributed by atoms with Crippen molar-refractivity contribution >= 4 is 18.0 Å². The maximum absolute atomic E-state index is 12.6. The number of ether oxygens (including phenoxy) is 3. The number of hydrogen-bond donors (Lipinski definition) is 1. The van der Waals surface area contributed by atoms with Crippen molar-refractivity contribution in [3.05, 3.63) is 12.7 Å². The van der Waals surface area contributed by atoms with E-state index in [9.17, 15) is 14.4 Å². The highest BCUT2D eigenvalue weighted by Gasteiger charge is 2.34. The van der Waals surface area contributed by atoms with Gasteiger partial charge in [-0.15, -0.1) is 6.58 Å². The second kappa shape index (κ2) is 9.94. The van der Waals surface area contributed by atoms with Crippen molar-refractivity contribution in [2.75, 3.05) is 0 Å². The maximum Gasteiger partial charge on any atom is 0.408 e. The molecule has 0 aliphatic heterocycles. The highest BCUT2D eigenvalue weighted by Crippen LogP contribution is 2.21. The maximum atomic E-state index is 12.6. The van der Waals surface area contributed by atoms with Crippen molar-refractivity contribution in [3.63, 3.8) is 0 Å². The molecule has 1 amide bonds. The standard InChI is InChI=1S/C21H37NO6/c1-11-12-14(16(23)26-19(2,3)4)13-15(17(24)27-20(5,6)7)22-18(25)28-21(8,9)10/h11,14-15H,1,12-13H2,2-10H3,(H,22,25)/t14-,15?/m0/s1. The Kier molecular flexibility index (Phi) is 9.21. The van der Waals surface area contributed by atoms with Gasteiger partial charge in [-0.1, -0.05) is 6.08 Å². The van der Waals surface area contributed by atoms with Gasteiger partial charge in [0.1, 0.15) is 22.8 Å². The lowest BCUT2D eigenvalue weighted by Gasteiger charge is -2.29. The minimum atomic E-state index is -1.06. The Bertz CT molecular complexity index is 563. The van der Waals surface area contributed by atoms with E-state index in [0.29, 0.717) is 6.42 Å². The first kappa shape index (κ1) is 26.0. The van der Waals surface area contributed by atoms with Crippen LogP contribution in [-0.2, 0) is 23.8 Å². The molecule has 0 heterocycles. The monoisotopic (exact) mass is 399 g/mol. The predicted octanol–water partition coefficient (Wildman–Crippen LogP) is 4.15. The average Bonchev–Trinajstić information content (AvgIpc) is 2.39. The van der Waals surface area contributed by atoms with E-state index in [-0.39, 0.29) is 6.42 Å². The van der Waals surface area contributed by atoms with Gasteiger partial charge < -0.3 is 19.5 Å². The molecule has 0 aliphatic carbocycles. The fraction of sp³-hybridized carbons (Fsp3) is 0.762. The Balaban J connectivity index is 5.49. The van der Waals surface area contributed by atoms with Crippen molar-refractivity contribution in [1.29, 1.82) is 0 Å². The van der Waals surface area contributed by atoms with Crippen LogP contribution in [0.1, 0.15) is 75.2 Å². The van der Waals surface area contributed by atoms with Crippen LogP contribution in [-0.4, -0.2) is 40.9 Å². The smallest absolute Gasteiger partial charge is 0.408 e. The van der Waals surface area contributed by atoms with Gasteiger partial charge in [0.05, 0.1) is 5.92 Å². The molecule has 0 aromatic rings. The molecule has 0 bridgehead atoms. The summed E-state index contributed by atoms with van der Waals surface area (Å²) in [6.45, 7) is 19.3. The lowest BCUT2D eigenvalue weighted by atomic mass is 9.96. The molecule has 162 valence electrons. The summed E-state index contributed by atoms with van der Waals surface area (Å²) in [6, 6.07) is -1.06. The van der Waals surface area contributed by atoms with E-state index >= 15 is 0 Å². The summed E-state index contributed by atoms with van der Waals surface area (Å²) >= 11 is 0. The number of rotatable bonds is 7. The first-order valence-corrected chi connectivity index (χ1v) is 9.49. The Morgan fingerprint density at radius 3 is 1.64 bits per heavy atom. The van der Waals surface area contributed by atoms with E-state index in [4.69, 9.17) is 14.2 Å². The van der Waals surface area contributed by atoms with E-state index in [2.05, 4.69) is 11.9 Å². The highest BCUT2D eigenvalue weighted by molar-refractivity contribution is 5.83. The molecule has 28 heavy (non-hydrogen) atoms. The van der Waals surface area contributed by atoms with Crippen LogP contribution in [0.15, 0.2) is 12.7 Å². The molecule has 1 N–H and O–H groups in total. The molecule has 7 nitrogen and oxygen atoms in total. The summed E-state index contributed by atoms with van der Waals surface area (Å²) in [7, 11) is 0. The minimum Gasteiger partial charge on any atom is -0.460 e. The Morgan fingerprint density at radius 2 is 1.25 bits per heavy atom. The van der Waals surface area contributed by atoms with Crippen molar-refractivity contribution in [1.82, 2.24) is 5.32 Å². The number of amides is 1. The van der Waals surface area contributed by atoms with E-state index in [0.717, 1.165) is 0 Å². The molecule has 0 aromatic carbocycles. The van der Waals surface area contributed by atoms with E-state index in [1.54, 1.807) is 68.4 Å². The zero-order valence-electron chi connectivity index (χ0n) is 18.8. The number of carbonyl (C=O) groups is 3. The quantitative estimate of drug-likeness (QED) is 0.393. The predicted molar refractivity (Wildman–Crippen MR) is 108 cm³/mol. The fourth-order valence-electron chi connectivity index (χ4n) is 2.20. The first-order valence-electron chi connectivity index (χ1n) is 9.49. The van der Waals surface area contributed by atoms with E-state index in [1.807, 2.05) is 0 Å². The van der Waals surface area contributed by atoms with Crippen LogP contribution in [0.4, 0.5) is 4.79 Å². The molecule has 0 aliphatic rings. The summed E-state index contributed by atoms with van der Waals surface area (Å²) in [5.74, 6) is -1.77. The van der Waals surface area contributed by atoms with Gasteiger partial charge in [-0.3, -0.25) is 4.79 Å². The molecule has 1 unspecified atom stereocenters. The molecule has 0 fully saturated rings. The largest absolute Gasteiger partial charge is 0.460 e. The van der Waals surface area contributed by atoms with Crippen LogP contribution in [0.2, 0.25) is 0 Å². The van der Waals surface area contributed by atoms with Gasteiger partial charge in [0, 0.05) is 0 Å². The van der Waals surface area contributed by atoms with Crippen LogP contribution in [0.5, 0.6) is 0 Å². The second-order valence-corrected chi connectivity index (χ2v) is 9.72. The second-order valence-electron chi connectivity index (χ2n) is 9.72. The molecule has 7 heteroatoms. The van der Waals surface area contributed by atoms with Crippen molar-refractivity contribution in [2.24, 2.45) is 5.92 Å². The third-order valence-corrected chi connectivity index (χ3v) is 3.09. The number of nitrogens with one attached hydrogen (secondary N) is 1. The van der Waals surface area contributed by atoms with Gasteiger partial charge in [-0.05, 0) is 75.2 Å². The fourth-order valence-corrected chi connectivity index (χ4v) is 2.20. The molecule has 0 radical (unpaired) electrons. The highest BCUT2D eigenvalue weighted by atomic mass is 16.6. The van der Waals surface area contributed by atoms with Gasteiger partial charge >= 0.3 is 18.0 Å². The molecule has 0 aromatic heterocycles. The number of alkyl carbamates (subject to hydrolysis) is 1. The molecular formula is C21H37NO6. The SMILES string of the molecule is C=CC[C@@H](CC(NC(=O)OC(C)(C)C)C(=O)OC(C)(C)C)C(=O)OC(C)(C)C.